The Morgan fingerprint density at radius 1 is 1.06 bits per heavy atom. The van der Waals surface area contributed by atoms with Crippen molar-refractivity contribution in [1.29, 1.82) is 0 Å². The minimum Gasteiger partial charge on any atom is -0.399 e. The van der Waals surface area contributed by atoms with Gasteiger partial charge in [0.15, 0.2) is 0 Å². The van der Waals surface area contributed by atoms with Gasteiger partial charge >= 0.3 is 7.12 Å². The monoisotopic (exact) mass is 232 g/mol. The molecule has 0 radical (unpaired) electrons. The van der Waals surface area contributed by atoms with Crippen LogP contribution in [0.5, 0.6) is 0 Å². The molecule has 2 fully saturated rings. The van der Waals surface area contributed by atoms with Crippen molar-refractivity contribution >= 4 is 7.12 Å². The molecule has 3 rings (SSSR count). The molecule has 1 saturated carbocycles. The maximum absolute atomic E-state index is 6.06. The lowest BCUT2D eigenvalue weighted by Gasteiger charge is -2.32. The van der Waals surface area contributed by atoms with Crippen molar-refractivity contribution in [3.05, 3.63) is 23.7 Å². The van der Waals surface area contributed by atoms with Crippen molar-refractivity contribution in [3.8, 4) is 0 Å². The summed E-state index contributed by atoms with van der Waals surface area (Å²) < 4.78 is 12.1. The van der Waals surface area contributed by atoms with E-state index in [0.717, 1.165) is 11.8 Å². The molecule has 3 atom stereocenters. The first kappa shape index (κ1) is 11.5. The zero-order valence-electron chi connectivity index (χ0n) is 11.4. The first-order chi connectivity index (χ1) is 7.82. The Bertz CT molecular complexity index is 392. The lowest BCUT2D eigenvalue weighted by Crippen LogP contribution is -2.41. The van der Waals surface area contributed by atoms with Gasteiger partial charge in [0.05, 0.1) is 11.2 Å². The normalized spacial score (nSPS) is 41.1. The molecule has 0 aromatic carbocycles. The van der Waals surface area contributed by atoms with Gasteiger partial charge in [-0.15, -0.1) is 0 Å². The van der Waals surface area contributed by atoms with Crippen LogP contribution < -0.4 is 0 Å². The van der Waals surface area contributed by atoms with E-state index in [0.29, 0.717) is 5.92 Å². The van der Waals surface area contributed by atoms with Gasteiger partial charge in [-0.3, -0.25) is 0 Å². The molecular weight excluding hydrogens is 211 g/mol. The van der Waals surface area contributed by atoms with E-state index in [1.807, 2.05) is 0 Å². The van der Waals surface area contributed by atoms with Gasteiger partial charge in [0.25, 0.3) is 0 Å². The molecule has 17 heavy (non-hydrogen) atoms. The summed E-state index contributed by atoms with van der Waals surface area (Å²) in [6.07, 6.45) is 6.85. The van der Waals surface area contributed by atoms with E-state index in [1.54, 1.807) is 0 Å². The van der Waals surface area contributed by atoms with Crippen LogP contribution in [0, 0.1) is 17.8 Å². The molecule has 1 saturated heterocycles. The van der Waals surface area contributed by atoms with E-state index in [4.69, 9.17) is 9.31 Å². The molecule has 3 aliphatic rings. The highest BCUT2D eigenvalue weighted by Crippen LogP contribution is 2.51. The van der Waals surface area contributed by atoms with E-state index in [9.17, 15) is 0 Å². The second-order valence-corrected chi connectivity index (χ2v) is 6.63. The van der Waals surface area contributed by atoms with Crippen LogP contribution in [0.2, 0.25) is 0 Å². The molecule has 0 spiro atoms. The van der Waals surface area contributed by atoms with E-state index < -0.39 is 0 Å². The van der Waals surface area contributed by atoms with Gasteiger partial charge in [0.2, 0.25) is 0 Å². The largest absolute Gasteiger partial charge is 0.494 e. The fourth-order valence-electron chi connectivity index (χ4n) is 2.73. The first-order valence-electron chi connectivity index (χ1n) is 6.57. The summed E-state index contributed by atoms with van der Waals surface area (Å²) in [5, 5.41) is 0. The molecule has 0 amide bonds. The Labute approximate surface area is 104 Å². The summed E-state index contributed by atoms with van der Waals surface area (Å²) in [5.41, 5.74) is 0.728. The first-order valence-corrected chi connectivity index (χ1v) is 6.57. The van der Waals surface area contributed by atoms with Crippen molar-refractivity contribution in [2.75, 3.05) is 0 Å². The van der Waals surface area contributed by atoms with E-state index >= 15 is 0 Å². The highest BCUT2D eigenvalue weighted by molar-refractivity contribution is 6.55. The Hall–Kier alpha value is -0.535. The van der Waals surface area contributed by atoms with E-state index in [-0.39, 0.29) is 18.3 Å². The smallest absolute Gasteiger partial charge is 0.399 e. The summed E-state index contributed by atoms with van der Waals surface area (Å²) in [6, 6.07) is 0. The molecule has 2 nitrogen and oxygen atoms in total. The predicted molar refractivity (Wildman–Crippen MR) is 69.4 cm³/mol. The summed E-state index contributed by atoms with van der Waals surface area (Å²) in [5.74, 6) is 2.28. The Morgan fingerprint density at radius 2 is 1.65 bits per heavy atom. The topological polar surface area (TPSA) is 18.5 Å². The number of allylic oxidation sites excluding steroid dienone is 4. The predicted octanol–water partition coefficient (Wildman–Crippen LogP) is 3.00. The van der Waals surface area contributed by atoms with Gasteiger partial charge < -0.3 is 9.31 Å². The van der Waals surface area contributed by atoms with Crippen LogP contribution in [0.25, 0.3) is 0 Å². The molecule has 92 valence electrons. The second-order valence-electron chi connectivity index (χ2n) is 6.63. The van der Waals surface area contributed by atoms with Crippen molar-refractivity contribution in [1.82, 2.24) is 0 Å². The molecule has 0 bridgehead atoms. The summed E-state index contributed by atoms with van der Waals surface area (Å²) >= 11 is 0. The molecule has 1 aliphatic heterocycles. The van der Waals surface area contributed by atoms with Crippen LogP contribution >= 0.6 is 0 Å². The molecule has 0 aromatic heterocycles. The van der Waals surface area contributed by atoms with Gasteiger partial charge in [-0.1, -0.05) is 25.2 Å². The Balaban J connectivity index is 1.80. The molecule has 0 N–H and O–H groups in total. The molecule has 1 heterocycles. The molecular formula is C14H21BO2. The maximum Gasteiger partial charge on any atom is 0.494 e. The van der Waals surface area contributed by atoms with Crippen LogP contribution in [0.15, 0.2) is 23.7 Å². The molecule has 3 unspecified atom stereocenters. The number of hydrogen-bond acceptors (Lipinski definition) is 2. The van der Waals surface area contributed by atoms with Crippen LogP contribution in [0.3, 0.4) is 0 Å². The molecule has 3 heteroatoms. The summed E-state index contributed by atoms with van der Waals surface area (Å²) in [4.78, 5) is 0. The fourth-order valence-corrected chi connectivity index (χ4v) is 2.73. The Kier molecular flexibility index (Phi) is 2.22. The van der Waals surface area contributed by atoms with Crippen LogP contribution in [0.4, 0.5) is 0 Å². The van der Waals surface area contributed by atoms with Gasteiger partial charge in [-0.25, -0.2) is 0 Å². The highest BCUT2D eigenvalue weighted by atomic mass is 16.7. The zero-order valence-corrected chi connectivity index (χ0v) is 11.4. The van der Waals surface area contributed by atoms with Crippen LogP contribution in [-0.2, 0) is 9.31 Å². The van der Waals surface area contributed by atoms with Crippen LogP contribution in [0.1, 0.15) is 34.6 Å². The van der Waals surface area contributed by atoms with Crippen molar-refractivity contribution < 1.29 is 9.31 Å². The maximum atomic E-state index is 6.06. The van der Waals surface area contributed by atoms with Gasteiger partial charge in [-0.2, -0.15) is 0 Å². The zero-order chi connectivity index (χ0) is 12.4. The second kappa shape index (κ2) is 3.27. The van der Waals surface area contributed by atoms with Crippen molar-refractivity contribution in [2.24, 2.45) is 17.8 Å². The Morgan fingerprint density at radius 3 is 2.18 bits per heavy atom. The third-order valence-corrected chi connectivity index (χ3v) is 4.94. The van der Waals surface area contributed by atoms with Gasteiger partial charge in [0, 0.05) is 0 Å². The minimum absolute atomic E-state index is 0.190. The number of hydrogen-bond donors (Lipinski definition) is 0. The average molecular weight is 232 g/mol. The van der Waals surface area contributed by atoms with Gasteiger partial charge in [-0.05, 0) is 50.9 Å². The molecule has 2 aliphatic carbocycles. The minimum atomic E-state index is -0.238. The van der Waals surface area contributed by atoms with E-state index in [2.05, 4.69) is 52.8 Å². The quantitative estimate of drug-likeness (QED) is 0.647. The van der Waals surface area contributed by atoms with Gasteiger partial charge in [0.1, 0.15) is 0 Å². The third-order valence-electron chi connectivity index (χ3n) is 4.94. The van der Waals surface area contributed by atoms with Crippen LogP contribution in [-0.4, -0.2) is 18.3 Å². The van der Waals surface area contributed by atoms with Crippen molar-refractivity contribution in [3.63, 3.8) is 0 Å². The van der Waals surface area contributed by atoms with E-state index in [1.165, 1.54) is 5.47 Å². The summed E-state index contributed by atoms with van der Waals surface area (Å²) in [6.45, 7) is 10.7. The fraction of sp³-hybridized carbons (Fsp3) is 0.714. The lowest BCUT2D eigenvalue weighted by atomic mass is 9.76. The third kappa shape index (κ3) is 1.63. The standard InChI is InChI=1S/C14H21BO2/c1-9-11-7-6-10(8-12(9)11)15-16-13(2,3)14(4,5)17-15/h6-9,11-12H,1-5H3. The number of fused-ring (bicyclic) bond motifs is 1. The van der Waals surface area contributed by atoms with Crippen molar-refractivity contribution in [2.45, 2.75) is 45.8 Å². The summed E-state index contributed by atoms with van der Waals surface area (Å²) in [7, 11) is -0.190. The average Bonchev–Trinajstić information content (AvgIpc) is 2.80. The SMILES string of the molecule is CC1C2C=CC(B3OC(C)(C)C(C)(C)O3)=CC12. The highest BCUT2D eigenvalue weighted by Gasteiger charge is 2.54. The lowest BCUT2D eigenvalue weighted by molar-refractivity contribution is 0.00578. The molecule has 0 aromatic rings. The number of rotatable bonds is 1.